The van der Waals surface area contributed by atoms with E-state index in [1.165, 1.54) is 12.1 Å². The molecule has 0 bridgehead atoms. The Morgan fingerprint density at radius 2 is 1.75 bits per heavy atom. The van der Waals surface area contributed by atoms with Crippen LogP contribution in [0.1, 0.15) is 34.0 Å². The molecule has 5 heteroatoms. The maximum atomic E-state index is 13.7. The van der Waals surface area contributed by atoms with Gasteiger partial charge in [0.1, 0.15) is 5.82 Å². The van der Waals surface area contributed by atoms with Crippen LogP contribution in [0, 0.1) is 19.7 Å². The summed E-state index contributed by atoms with van der Waals surface area (Å²) in [4.78, 5) is 15.5. The normalized spacial score (nSPS) is 15.0. The number of carbonyl (C=O) groups is 1. The molecular weight excluding hydrogens is 401 g/mol. The Morgan fingerprint density at radius 1 is 0.969 bits per heavy atom. The number of para-hydroxylation sites is 1. The summed E-state index contributed by atoms with van der Waals surface area (Å²) in [5.41, 5.74) is 6.84. The number of hydrogen-bond donors (Lipinski definition) is 1. The van der Waals surface area contributed by atoms with Crippen LogP contribution in [0.4, 0.5) is 14.9 Å². The van der Waals surface area contributed by atoms with Crippen molar-refractivity contribution in [2.24, 2.45) is 0 Å². The van der Waals surface area contributed by atoms with Crippen molar-refractivity contribution in [1.82, 2.24) is 9.47 Å². The monoisotopic (exact) mass is 425 g/mol. The van der Waals surface area contributed by atoms with Crippen LogP contribution < -0.4 is 5.32 Å². The molecule has 5 rings (SSSR count). The first kappa shape index (κ1) is 20.1. The van der Waals surface area contributed by atoms with E-state index in [9.17, 15) is 9.18 Å². The fourth-order valence-corrected chi connectivity index (χ4v) is 4.48. The molecule has 3 aromatic carbocycles. The molecular formula is C27H24FN3O. The second-order valence-electron chi connectivity index (χ2n) is 8.26. The predicted octanol–water partition coefficient (Wildman–Crippen LogP) is 6.37. The smallest absolute Gasteiger partial charge is 0.318 e. The molecule has 1 N–H and O–H groups in total. The van der Waals surface area contributed by atoms with E-state index in [1.807, 2.05) is 67.4 Å². The Hall–Kier alpha value is -3.86. The zero-order valence-electron chi connectivity index (χ0n) is 18.0. The fraction of sp³-hybridized carbons (Fsp3) is 0.148. The Bertz CT molecular complexity index is 1290. The average molecular weight is 426 g/mol. The molecule has 4 nitrogen and oxygen atoms in total. The number of amides is 2. The predicted molar refractivity (Wildman–Crippen MR) is 124 cm³/mol. The summed E-state index contributed by atoms with van der Waals surface area (Å²) in [5.74, 6) is -0.299. The van der Waals surface area contributed by atoms with Crippen molar-refractivity contribution in [3.05, 3.63) is 119 Å². The van der Waals surface area contributed by atoms with E-state index in [0.717, 1.165) is 39.3 Å². The number of carbonyl (C=O) groups excluding carboxylic acids is 1. The van der Waals surface area contributed by atoms with Gasteiger partial charge in [0.15, 0.2) is 0 Å². The highest BCUT2D eigenvalue weighted by Gasteiger charge is 2.33. The average Bonchev–Trinajstić information content (AvgIpc) is 3.21. The van der Waals surface area contributed by atoms with E-state index < -0.39 is 0 Å². The first-order chi connectivity index (χ1) is 15.5. The first-order valence-corrected chi connectivity index (χ1v) is 10.7. The lowest BCUT2D eigenvalue weighted by molar-refractivity contribution is 0.194. The summed E-state index contributed by atoms with van der Waals surface area (Å²) in [6.07, 6.45) is 2.01. The molecule has 1 aliphatic heterocycles. The minimum atomic E-state index is -0.372. The van der Waals surface area contributed by atoms with Crippen molar-refractivity contribution < 1.29 is 9.18 Å². The van der Waals surface area contributed by atoms with Crippen molar-refractivity contribution in [3.8, 4) is 5.69 Å². The molecule has 0 spiro atoms. The number of aromatic nitrogens is 1. The number of nitrogens with one attached hydrogen (secondary N) is 1. The molecule has 1 aliphatic rings. The van der Waals surface area contributed by atoms with Gasteiger partial charge in [-0.25, -0.2) is 9.18 Å². The third-order valence-electron chi connectivity index (χ3n) is 6.03. The summed E-state index contributed by atoms with van der Waals surface area (Å²) in [6.45, 7) is 4.45. The Balaban J connectivity index is 1.62. The van der Waals surface area contributed by atoms with Crippen molar-refractivity contribution in [2.45, 2.75) is 26.4 Å². The van der Waals surface area contributed by atoms with Crippen LogP contribution in [0.3, 0.4) is 0 Å². The highest BCUT2D eigenvalue weighted by molar-refractivity contribution is 5.91. The van der Waals surface area contributed by atoms with Gasteiger partial charge in [-0.3, -0.25) is 0 Å². The van der Waals surface area contributed by atoms with Crippen LogP contribution in [0.25, 0.3) is 5.69 Å². The van der Waals surface area contributed by atoms with Crippen LogP contribution in [0.2, 0.25) is 0 Å². The van der Waals surface area contributed by atoms with Gasteiger partial charge in [-0.2, -0.15) is 0 Å². The molecule has 1 aromatic heterocycles. The van der Waals surface area contributed by atoms with Gasteiger partial charge in [-0.05, 0) is 66.9 Å². The quantitative estimate of drug-likeness (QED) is 0.398. The second-order valence-corrected chi connectivity index (χ2v) is 8.26. The number of rotatable bonds is 2. The SMILES string of the molecule is Cc1ccc(NC(=O)N2Cc3ccccc3-n3cccc3C2c2ccc(F)cc2)c(C)c1. The van der Waals surface area contributed by atoms with Gasteiger partial charge in [0.2, 0.25) is 0 Å². The van der Waals surface area contributed by atoms with Crippen molar-refractivity contribution in [1.29, 1.82) is 0 Å². The van der Waals surface area contributed by atoms with Gasteiger partial charge in [-0.1, -0.05) is 48.0 Å². The summed E-state index contributed by atoms with van der Waals surface area (Å²) >= 11 is 0. The number of fused-ring (bicyclic) bond motifs is 3. The number of aryl methyl sites for hydroxylation is 2. The van der Waals surface area contributed by atoms with Crippen LogP contribution in [-0.4, -0.2) is 15.5 Å². The number of nitrogens with zero attached hydrogens (tertiary/aromatic N) is 2. The number of anilines is 1. The van der Waals surface area contributed by atoms with E-state index in [4.69, 9.17) is 0 Å². The van der Waals surface area contributed by atoms with Gasteiger partial charge in [0.25, 0.3) is 0 Å². The lowest BCUT2D eigenvalue weighted by atomic mass is 10.0. The molecule has 1 unspecified atom stereocenters. The minimum Gasteiger partial charge on any atom is -0.318 e. The van der Waals surface area contributed by atoms with Crippen LogP contribution in [0.15, 0.2) is 85.1 Å². The van der Waals surface area contributed by atoms with E-state index in [0.29, 0.717) is 6.54 Å². The first-order valence-electron chi connectivity index (χ1n) is 10.7. The molecule has 0 saturated carbocycles. The Labute approximate surface area is 186 Å². The summed E-state index contributed by atoms with van der Waals surface area (Å²) in [6, 6.07) is 23.9. The highest BCUT2D eigenvalue weighted by Crippen LogP contribution is 2.37. The third-order valence-corrected chi connectivity index (χ3v) is 6.03. The van der Waals surface area contributed by atoms with E-state index in [1.54, 1.807) is 12.1 Å². The van der Waals surface area contributed by atoms with E-state index in [-0.39, 0.29) is 17.9 Å². The van der Waals surface area contributed by atoms with Crippen molar-refractivity contribution in [3.63, 3.8) is 0 Å². The number of urea groups is 1. The zero-order chi connectivity index (χ0) is 22.2. The molecule has 0 aliphatic carbocycles. The second kappa shape index (κ2) is 8.00. The molecule has 1 atom stereocenters. The Kier molecular flexibility index (Phi) is 5.02. The van der Waals surface area contributed by atoms with E-state index >= 15 is 0 Å². The molecule has 2 heterocycles. The van der Waals surface area contributed by atoms with Crippen molar-refractivity contribution in [2.75, 3.05) is 5.32 Å². The molecule has 32 heavy (non-hydrogen) atoms. The molecule has 4 aromatic rings. The number of halogens is 1. The van der Waals surface area contributed by atoms with Gasteiger partial charge >= 0.3 is 6.03 Å². The molecule has 0 saturated heterocycles. The van der Waals surface area contributed by atoms with Gasteiger partial charge in [-0.15, -0.1) is 0 Å². The molecule has 0 fully saturated rings. The summed E-state index contributed by atoms with van der Waals surface area (Å²) in [5, 5.41) is 3.10. The maximum Gasteiger partial charge on any atom is 0.322 e. The van der Waals surface area contributed by atoms with Crippen LogP contribution in [0.5, 0.6) is 0 Å². The third kappa shape index (κ3) is 3.56. The molecule has 0 radical (unpaired) electrons. The molecule has 2 amide bonds. The van der Waals surface area contributed by atoms with Crippen molar-refractivity contribution >= 4 is 11.7 Å². The topological polar surface area (TPSA) is 37.3 Å². The van der Waals surface area contributed by atoms with E-state index in [2.05, 4.69) is 22.0 Å². The largest absolute Gasteiger partial charge is 0.322 e. The summed E-state index contributed by atoms with van der Waals surface area (Å²) in [7, 11) is 0. The number of hydrogen-bond acceptors (Lipinski definition) is 1. The van der Waals surface area contributed by atoms with Gasteiger partial charge in [0.05, 0.1) is 18.3 Å². The lowest BCUT2D eigenvalue weighted by Crippen LogP contribution is -2.38. The zero-order valence-corrected chi connectivity index (χ0v) is 18.0. The highest BCUT2D eigenvalue weighted by atomic mass is 19.1. The standard InChI is InChI=1S/C27H24FN3O/c1-18-9-14-23(19(2)16-18)29-27(32)31-17-21-6-3-4-7-24(21)30-15-5-8-25(30)26(31)20-10-12-22(28)13-11-20/h3-16,26H,17H2,1-2H3,(H,29,32). The number of benzene rings is 3. The lowest BCUT2D eigenvalue weighted by Gasteiger charge is -2.31. The minimum absolute atomic E-state index is 0.198. The summed E-state index contributed by atoms with van der Waals surface area (Å²) < 4.78 is 15.8. The van der Waals surface area contributed by atoms with Gasteiger partial charge < -0.3 is 14.8 Å². The van der Waals surface area contributed by atoms with Crippen LogP contribution >= 0.6 is 0 Å². The maximum absolute atomic E-state index is 13.7. The fourth-order valence-electron chi connectivity index (χ4n) is 4.48. The van der Waals surface area contributed by atoms with Crippen LogP contribution in [-0.2, 0) is 6.54 Å². The Morgan fingerprint density at radius 3 is 2.53 bits per heavy atom. The van der Waals surface area contributed by atoms with Gasteiger partial charge in [0, 0.05) is 17.6 Å². The molecule has 160 valence electrons.